The predicted octanol–water partition coefficient (Wildman–Crippen LogP) is 4.14. The molecule has 2 heterocycles. The lowest BCUT2D eigenvalue weighted by Gasteiger charge is -2.15. The molecular formula is C23H31N5O2. The Hall–Kier alpha value is -2.96. The molecule has 0 aliphatic carbocycles. The first-order valence-corrected chi connectivity index (χ1v) is 10.4. The summed E-state index contributed by atoms with van der Waals surface area (Å²) >= 11 is 0. The molecule has 1 aromatic carbocycles. The van der Waals surface area contributed by atoms with Crippen LogP contribution in [0.1, 0.15) is 63.5 Å². The molecule has 0 unspecified atom stereocenters. The highest BCUT2D eigenvalue weighted by atomic mass is 16.5. The topological polar surface area (TPSA) is 72.1 Å². The molecule has 0 bridgehead atoms. The van der Waals surface area contributed by atoms with Crippen molar-refractivity contribution in [3.63, 3.8) is 0 Å². The lowest BCUT2D eigenvalue weighted by Crippen LogP contribution is -2.27. The van der Waals surface area contributed by atoms with E-state index in [2.05, 4.69) is 25.9 Å². The van der Waals surface area contributed by atoms with Gasteiger partial charge in [0, 0.05) is 31.4 Å². The van der Waals surface area contributed by atoms with Crippen LogP contribution in [0.3, 0.4) is 0 Å². The summed E-state index contributed by atoms with van der Waals surface area (Å²) < 4.78 is 6.96. The number of benzene rings is 1. The summed E-state index contributed by atoms with van der Waals surface area (Å²) in [6.07, 6.45) is 2.70. The van der Waals surface area contributed by atoms with E-state index in [4.69, 9.17) is 14.7 Å². The first-order valence-electron chi connectivity index (χ1n) is 10.4. The monoisotopic (exact) mass is 409 g/mol. The maximum absolute atomic E-state index is 13.2. The molecule has 7 heteroatoms. The van der Waals surface area contributed by atoms with Gasteiger partial charge in [0.15, 0.2) is 5.82 Å². The van der Waals surface area contributed by atoms with E-state index in [1.54, 1.807) is 7.11 Å². The Morgan fingerprint density at radius 2 is 2.00 bits per heavy atom. The summed E-state index contributed by atoms with van der Waals surface area (Å²) in [5.74, 6) is 1.30. The third-order valence-electron chi connectivity index (χ3n) is 5.23. The highest BCUT2D eigenvalue weighted by molar-refractivity contribution is 6.48. The van der Waals surface area contributed by atoms with E-state index in [0.29, 0.717) is 28.7 Å². The van der Waals surface area contributed by atoms with Gasteiger partial charge in [-0.1, -0.05) is 27.2 Å². The smallest absolute Gasteiger partial charge is 0.277 e. The van der Waals surface area contributed by atoms with Crippen LogP contribution in [-0.4, -0.2) is 42.3 Å². The first-order chi connectivity index (χ1) is 14.3. The van der Waals surface area contributed by atoms with Gasteiger partial charge >= 0.3 is 0 Å². The Morgan fingerprint density at radius 1 is 1.27 bits per heavy atom. The van der Waals surface area contributed by atoms with E-state index >= 15 is 0 Å². The van der Waals surface area contributed by atoms with Gasteiger partial charge in [-0.25, -0.2) is 9.98 Å². The predicted molar refractivity (Wildman–Crippen MR) is 123 cm³/mol. The van der Waals surface area contributed by atoms with E-state index in [0.717, 1.165) is 36.2 Å². The maximum Gasteiger partial charge on any atom is 0.277 e. The largest absolute Gasteiger partial charge is 0.494 e. The fourth-order valence-electron chi connectivity index (χ4n) is 3.52. The number of ether oxygens (including phenoxy) is 1. The van der Waals surface area contributed by atoms with Crippen LogP contribution in [-0.2, 0) is 6.42 Å². The van der Waals surface area contributed by atoms with Gasteiger partial charge in [0.1, 0.15) is 17.1 Å². The molecule has 0 saturated heterocycles. The Kier molecular flexibility index (Phi) is 6.39. The molecule has 7 nitrogen and oxygen atoms in total. The molecule has 30 heavy (non-hydrogen) atoms. The van der Waals surface area contributed by atoms with Crippen LogP contribution in [0.15, 0.2) is 33.1 Å². The Morgan fingerprint density at radius 3 is 2.60 bits per heavy atom. The molecule has 1 aliphatic rings. The number of aromatic nitrogens is 2. The SMILES string of the molecule is CCCCc1c(C(C)C)nc2n(c1=O)N=C(C)C2=Nc1ccc(N(C)C)cc1OC. The molecule has 0 N–H and O–H groups in total. The first kappa shape index (κ1) is 21.7. The number of nitrogens with zero attached hydrogens (tertiary/aromatic N) is 5. The third kappa shape index (κ3) is 4.01. The van der Waals surface area contributed by atoms with E-state index in [-0.39, 0.29) is 11.5 Å². The molecule has 160 valence electrons. The Bertz CT molecular complexity index is 1060. The second-order valence-electron chi connectivity index (χ2n) is 8.07. The van der Waals surface area contributed by atoms with Gasteiger partial charge in [0.2, 0.25) is 0 Å². The van der Waals surface area contributed by atoms with E-state index in [9.17, 15) is 4.79 Å². The highest BCUT2D eigenvalue weighted by Crippen LogP contribution is 2.32. The van der Waals surface area contributed by atoms with Crippen molar-refractivity contribution in [1.29, 1.82) is 0 Å². The van der Waals surface area contributed by atoms with Crippen LogP contribution >= 0.6 is 0 Å². The van der Waals surface area contributed by atoms with Gasteiger partial charge in [-0.2, -0.15) is 9.78 Å². The van der Waals surface area contributed by atoms with Crippen LogP contribution in [0.25, 0.3) is 0 Å². The van der Waals surface area contributed by atoms with Crippen LogP contribution in [0.2, 0.25) is 0 Å². The Balaban J connectivity index is 2.16. The normalized spacial score (nSPS) is 14.3. The number of anilines is 1. The van der Waals surface area contributed by atoms with Crippen molar-refractivity contribution in [3.05, 3.63) is 45.6 Å². The molecule has 0 amide bonds. The molecule has 0 radical (unpaired) electrons. The van der Waals surface area contributed by atoms with Crippen molar-refractivity contribution < 1.29 is 4.74 Å². The molecule has 0 spiro atoms. The van der Waals surface area contributed by atoms with E-state index < -0.39 is 0 Å². The van der Waals surface area contributed by atoms with Gasteiger partial charge in [0.05, 0.1) is 18.5 Å². The zero-order chi connectivity index (χ0) is 22.0. The van der Waals surface area contributed by atoms with Crippen LogP contribution in [0.5, 0.6) is 5.75 Å². The molecule has 1 aliphatic heterocycles. The molecular weight excluding hydrogens is 378 g/mol. The van der Waals surface area contributed by atoms with Crippen molar-refractivity contribution >= 4 is 22.8 Å². The summed E-state index contributed by atoms with van der Waals surface area (Å²) in [7, 11) is 5.58. The van der Waals surface area contributed by atoms with Crippen LogP contribution in [0, 0.1) is 0 Å². The van der Waals surface area contributed by atoms with Gasteiger partial charge in [0.25, 0.3) is 5.56 Å². The van der Waals surface area contributed by atoms with Crippen molar-refractivity contribution in [2.45, 2.75) is 52.9 Å². The molecule has 0 saturated carbocycles. The van der Waals surface area contributed by atoms with Gasteiger partial charge < -0.3 is 9.64 Å². The number of unbranched alkanes of at least 4 members (excludes halogenated alkanes) is 1. The van der Waals surface area contributed by atoms with Crippen molar-refractivity contribution in [2.75, 3.05) is 26.1 Å². The summed E-state index contributed by atoms with van der Waals surface area (Å²) in [4.78, 5) is 24.9. The molecule has 1 aromatic heterocycles. The van der Waals surface area contributed by atoms with Crippen molar-refractivity contribution in [3.8, 4) is 5.75 Å². The molecule has 0 atom stereocenters. The average Bonchev–Trinajstić information content (AvgIpc) is 3.03. The second-order valence-corrected chi connectivity index (χ2v) is 8.07. The molecule has 3 rings (SSSR count). The van der Waals surface area contributed by atoms with E-state index in [1.165, 1.54) is 4.68 Å². The van der Waals surface area contributed by atoms with Gasteiger partial charge in [-0.3, -0.25) is 4.79 Å². The fraction of sp³-hybridized carbons (Fsp3) is 0.478. The Labute approximate surface area is 178 Å². The van der Waals surface area contributed by atoms with Crippen LogP contribution in [0.4, 0.5) is 11.4 Å². The maximum atomic E-state index is 13.2. The second kappa shape index (κ2) is 8.81. The summed E-state index contributed by atoms with van der Waals surface area (Å²) in [6, 6.07) is 5.83. The minimum Gasteiger partial charge on any atom is -0.494 e. The lowest BCUT2D eigenvalue weighted by atomic mass is 10.0. The third-order valence-corrected chi connectivity index (χ3v) is 5.23. The number of methoxy groups -OCH3 is 1. The summed E-state index contributed by atoms with van der Waals surface area (Å²) in [5, 5.41) is 4.48. The number of hydrogen-bond acceptors (Lipinski definition) is 6. The minimum atomic E-state index is -0.0865. The van der Waals surface area contributed by atoms with Gasteiger partial charge in [-0.05, 0) is 37.8 Å². The average molecular weight is 410 g/mol. The van der Waals surface area contributed by atoms with Crippen molar-refractivity contribution in [1.82, 2.24) is 9.66 Å². The number of rotatable bonds is 7. The summed E-state index contributed by atoms with van der Waals surface area (Å²) in [6.45, 7) is 8.11. The fourth-order valence-corrected chi connectivity index (χ4v) is 3.52. The van der Waals surface area contributed by atoms with Crippen molar-refractivity contribution in [2.24, 2.45) is 10.1 Å². The number of hydrogen-bond donors (Lipinski definition) is 0. The molecule has 0 fully saturated rings. The quantitative estimate of drug-likeness (QED) is 0.689. The molecule has 2 aromatic rings. The number of aliphatic imine (C=N–C) groups is 1. The zero-order valence-electron chi connectivity index (χ0n) is 19.0. The number of fused-ring (bicyclic) bond motifs is 1. The zero-order valence-corrected chi connectivity index (χ0v) is 19.0. The standard InChI is InChI=1S/C23H31N5O2/c1-8-9-10-17-20(14(2)3)25-22-21(15(4)26-28(22)23(17)29)24-18-12-11-16(27(5)6)13-19(18)30-7/h11-14H,8-10H2,1-7H3. The lowest BCUT2D eigenvalue weighted by molar-refractivity contribution is 0.416. The van der Waals surface area contributed by atoms with E-state index in [1.807, 2.05) is 44.1 Å². The van der Waals surface area contributed by atoms with Crippen LogP contribution < -0.4 is 15.2 Å². The highest BCUT2D eigenvalue weighted by Gasteiger charge is 2.27. The van der Waals surface area contributed by atoms with Gasteiger partial charge in [-0.15, -0.1) is 0 Å². The minimum absolute atomic E-state index is 0.0865. The summed E-state index contributed by atoms with van der Waals surface area (Å²) in [5.41, 5.74) is 4.49.